The number of hydrogen-bond acceptors (Lipinski definition) is 7. The van der Waals surface area contributed by atoms with Gasteiger partial charge in [-0.25, -0.2) is 10.4 Å². The molecule has 8 heteroatoms. The number of nitrogens with zero attached hydrogens (tertiary/aromatic N) is 3. The zero-order valence-electron chi connectivity index (χ0n) is 24.0. The first-order valence-corrected chi connectivity index (χ1v) is 15.2. The largest absolute Gasteiger partial charge is 0.493 e. The third-order valence-electron chi connectivity index (χ3n) is 8.80. The van der Waals surface area contributed by atoms with Gasteiger partial charge in [0.2, 0.25) is 0 Å². The van der Waals surface area contributed by atoms with E-state index in [0.717, 1.165) is 23.4 Å². The molecule has 3 aromatic rings. The highest BCUT2D eigenvalue weighted by Gasteiger charge is 2.41. The van der Waals surface area contributed by atoms with E-state index in [1.54, 1.807) is 0 Å². The number of anilines is 1. The molecule has 216 valence electrons. The number of hydrazine groups is 1. The predicted octanol–water partition coefficient (Wildman–Crippen LogP) is 5.64. The van der Waals surface area contributed by atoms with E-state index in [9.17, 15) is 4.79 Å². The van der Waals surface area contributed by atoms with Gasteiger partial charge in [0, 0.05) is 48.2 Å². The number of rotatable bonds is 7. The van der Waals surface area contributed by atoms with Crippen LogP contribution in [0.5, 0.6) is 5.75 Å². The van der Waals surface area contributed by atoms with Gasteiger partial charge in [0.15, 0.2) is 0 Å². The Kier molecular flexibility index (Phi) is 8.80. The Morgan fingerprint density at radius 1 is 0.976 bits per heavy atom. The lowest BCUT2D eigenvalue weighted by atomic mass is 9.95. The lowest BCUT2D eigenvalue weighted by Gasteiger charge is -2.35. The van der Waals surface area contributed by atoms with Gasteiger partial charge in [-0.15, -0.1) is 0 Å². The van der Waals surface area contributed by atoms with Gasteiger partial charge in [0.25, 0.3) is 5.91 Å². The monoisotopic (exact) mass is 554 g/mol. The third-order valence-corrected chi connectivity index (χ3v) is 8.80. The van der Waals surface area contributed by atoms with Gasteiger partial charge in [0.1, 0.15) is 11.9 Å². The summed E-state index contributed by atoms with van der Waals surface area (Å²) in [6.07, 6.45) is 13.8. The molecule has 1 saturated carbocycles. The predicted molar refractivity (Wildman–Crippen MR) is 161 cm³/mol. The molecule has 1 aliphatic carbocycles. The Morgan fingerprint density at radius 3 is 2.59 bits per heavy atom. The average molecular weight is 555 g/mol. The molecule has 2 aliphatic heterocycles. The van der Waals surface area contributed by atoms with E-state index >= 15 is 0 Å². The number of aromatic nitrogens is 1. The van der Waals surface area contributed by atoms with Crippen molar-refractivity contribution < 1.29 is 9.53 Å². The molecule has 3 N–H and O–H groups in total. The Balaban J connectivity index is 1.13. The summed E-state index contributed by atoms with van der Waals surface area (Å²) in [5, 5.41) is 9.33. The molecule has 0 radical (unpaired) electrons. The van der Waals surface area contributed by atoms with Gasteiger partial charge in [-0.3, -0.25) is 14.7 Å². The average Bonchev–Trinajstić information content (AvgIpc) is 3.32. The van der Waals surface area contributed by atoms with Crippen LogP contribution in [0.2, 0.25) is 0 Å². The summed E-state index contributed by atoms with van der Waals surface area (Å²) in [5.41, 5.74) is 7.74. The maximum Gasteiger partial charge on any atom is 0.251 e. The minimum Gasteiger partial charge on any atom is -0.493 e. The first-order valence-electron chi connectivity index (χ1n) is 15.2. The van der Waals surface area contributed by atoms with Crippen LogP contribution in [0, 0.1) is 0 Å². The lowest BCUT2D eigenvalue weighted by molar-refractivity contribution is 0.0652. The van der Waals surface area contributed by atoms with Crippen molar-refractivity contribution in [2.75, 3.05) is 25.5 Å². The quantitative estimate of drug-likeness (QED) is 0.349. The van der Waals surface area contributed by atoms with Crippen LogP contribution in [-0.2, 0) is 0 Å². The molecule has 2 fully saturated rings. The van der Waals surface area contributed by atoms with Crippen molar-refractivity contribution in [3.63, 3.8) is 0 Å². The number of benzene rings is 2. The number of amides is 1. The van der Waals surface area contributed by atoms with E-state index in [1.807, 2.05) is 60.9 Å². The highest BCUT2D eigenvalue weighted by Crippen LogP contribution is 2.35. The summed E-state index contributed by atoms with van der Waals surface area (Å²) >= 11 is 0. The van der Waals surface area contributed by atoms with Gasteiger partial charge in [-0.1, -0.05) is 56.4 Å². The molecule has 2 aromatic carbocycles. The van der Waals surface area contributed by atoms with Gasteiger partial charge >= 0.3 is 0 Å². The molecule has 0 spiro atoms. The second kappa shape index (κ2) is 13.0. The Bertz CT molecular complexity index is 1300. The molecule has 3 atom stereocenters. The van der Waals surface area contributed by atoms with Crippen molar-refractivity contribution in [2.45, 2.75) is 75.8 Å². The molecule has 2 unspecified atom stereocenters. The number of ether oxygens (including phenoxy) is 1. The van der Waals surface area contributed by atoms with Crippen molar-refractivity contribution in [1.82, 2.24) is 25.6 Å². The molecule has 1 aromatic heterocycles. The number of pyridine rings is 1. The number of hydrogen-bond donors (Lipinski definition) is 3. The van der Waals surface area contributed by atoms with Crippen molar-refractivity contribution in [3.05, 3.63) is 89.7 Å². The second-order valence-corrected chi connectivity index (χ2v) is 11.5. The third kappa shape index (κ3) is 6.40. The normalized spacial score (nSPS) is 24.1. The van der Waals surface area contributed by atoms with E-state index < -0.39 is 0 Å². The zero-order valence-corrected chi connectivity index (χ0v) is 24.0. The fraction of sp³-hybridized carbons (Fsp3) is 0.455. The van der Waals surface area contributed by atoms with Crippen molar-refractivity contribution >= 4 is 11.6 Å². The van der Waals surface area contributed by atoms with E-state index in [2.05, 4.69) is 50.1 Å². The maximum atomic E-state index is 13.2. The molecule has 1 saturated heterocycles. The van der Waals surface area contributed by atoms with Crippen LogP contribution in [-0.4, -0.2) is 53.2 Å². The first kappa shape index (κ1) is 27.7. The highest BCUT2D eigenvalue weighted by atomic mass is 16.5. The molecular formula is C33H42N6O2. The van der Waals surface area contributed by atoms with Crippen LogP contribution in [0.1, 0.15) is 85.1 Å². The topological polar surface area (TPSA) is 81.8 Å². The summed E-state index contributed by atoms with van der Waals surface area (Å²) in [6.45, 7) is 1.31. The van der Waals surface area contributed by atoms with Gasteiger partial charge in [-0.05, 0) is 61.9 Å². The van der Waals surface area contributed by atoms with Crippen LogP contribution in [0.4, 0.5) is 5.69 Å². The molecule has 3 heterocycles. The molecule has 6 rings (SSSR count). The summed E-state index contributed by atoms with van der Waals surface area (Å²) in [5.74, 6) is 0.783. The number of carbonyl (C=O) groups excluding carboxylic acids is 1. The molecule has 3 aliphatic rings. The maximum absolute atomic E-state index is 13.2. The minimum absolute atomic E-state index is 0.0511. The fourth-order valence-corrected chi connectivity index (χ4v) is 6.56. The van der Waals surface area contributed by atoms with E-state index in [-0.39, 0.29) is 24.3 Å². The summed E-state index contributed by atoms with van der Waals surface area (Å²) < 4.78 is 5.77. The molecular weight excluding hydrogens is 512 g/mol. The van der Waals surface area contributed by atoms with E-state index in [1.165, 1.54) is 50.5 Å². The summed E-state index contributed by atoms with van der Waals surface area (Å²) in [7, 11) is 2.20. The number of para-hydroxylation sites is 1. The van der Waals surface area contributed by atoms with Crippen LogP contribution >= 0.6 is 0 Å². The van der Waals surface area contributed by atoms with Gasteiger partial charge in [-0.2, -0.15) is 0 Å². The first-order chi connectivity index (χ1) is 20.2. The Hall–Kier alpha value is -3.46. The number of fused-ring (bicyclic) bond motifs is 1. The summed E-state index contributed by atoms with van der Waals surface area (Å²) in [6, 6.07) is 20.5. The van der Waals surface area contributed by atoms with E-state index in [4.69, 9.17) is 4.74 Å². The Labute approximate surface area is 243 Å². The number of carbonyl (C=O) groups is 1. The van der Waals surface area contributed by atoms with E-state index in [0.29, 0.717) is 24.8 Å². The van der Waals surface area contributed by atoms with Crippen molar-refractivity contribution in [2.24, 2.45) is 0 Å². The molecule has 1 amide bonds. The van der Waals surface area contributed by atoms with Gasteiger partial charge < -0.3 is 15.4 Å². The van der Waals surface area contributed by atoms with Crippen LogP contribution in [0.3, 0.4) is 0 Å². The Morgan fingerprint density at radius 2 is 1.76 bits per heavy atom. The van der Waals surface area contributed by atoms with Crippen LogP contribution in [0.25, 0.3) is 0 Å². The minimum atomic E-state index is -0.0697. The number of nitrogens with one attached hydrogen (secondary N) is 3. The number of likely N-dealkylation sites (N-methyl/N-ethyl adjacent to an activating group) is 1. The molecule has 0 bridgehead atoms. The smallest absolute Gasteiger partial charge is 0.251 e. The SMILES string of the molecule is CN1C(CNc2cccc(C(=O)N[C@@H]3CCOc4ccccc43)c2)NN(C2CCCCCCC2)C1c1ccncc1. The van der Waals surface area contributed by atoms with Crippen molar-refractivity contribution in [1.29, 1.82) is 0 Å². The fourth-order valence-electron chi connectivity index (χ4n) is 6.56. The van der Waals surface area contributed by atoms with Gasteiger partial charge in [0.05, 0.1) is 18.8 Å². The molecule has 8 nitrogen and oxygen atoms in total. The van der Waals surface area contributed by atoms with Crippen LogP contribution < -0.4 is 20.8 Å². The lowest BCUT2D eigenvalue weighted by Crippen LogP contribution is -2.46. The standard InChI is InChI=1S/C33H42N6O2/c1-38-31(37-39(27-12-5-3-2-4-6-13-27)33(38)24-16-19-34-20-17-24)23-35-26-11-9-10-25(22-26)32(40)36-29-18-21-41-30-15-8-7-14-28(29)30/h7-11,14-17,19-20,22,27,29,31,33,35,37H,2-6,12-13,18,21,23H2,1H3,(H,36,40)/t29-,31?,33?/m1/s1. The zero-order chi connectivity index (χ0) is 28.0. The van der Waals surface area contributed by atoms with Crippen LogP contribution in [0.15, 0.2) is 73.1 Å². The highest BCUT2D eigenvalue weighted by molar-refractivity contribution is 5.95. The summed E-state index contributed by atoms with van der Waals surface area (Å²) in [4.78, 5) is 19.9. The molecule has 41 heavy (non-hydrogen) atoms. The second-order valence-electron chi connectivity index (χ2n) is 11.5. The van der Waals surface area contributed by atoms with Crippen molar-refractivity contribution in [3.8, 4) is 5.75 Å².